The van der Waals surface area contributed by atoms with Crippen molar-refractivity contribution in [2.75, 3.05) is 13.6 Å². The van der Waals surface area contributed by atoms with Gasteiger partial charge in [-0.15, -0.1) is 0 Å². The lowest BCUT2D eigenvalue weighted by atomic mass is 10.1. The van der Waals surface area contributed by atoms with Gasteiger partial charge in [-0.25, -0.2) is 9.79 Å². The number of hydrogen-bond donors (Lipinski definition) is 0. The van der Waals surface area contributed by atoms with Crippen LogP contribution in [0.1, 0.15) is 13.8 Å². The third-order valence-corrected chi connectivity index (χ3v) is 2.70. The van der Waals surface area contributed by atoms with Crippen molar-refractivity contribution in [3.8, 4) is 0 Å². The number of alkyl halides is 1. The van der Waals surface area contributed by atoms with Gasteiger partial charge in [0.1, 0.15) is 0 Å². The summed E-state index contributed by atoms with van der Waals surface area (Å²) in [6, 6.07) is -0.153. The summed E-state index contributed by atoms with van der Waals surface area (Å²) in [7, 11) is 1.75. The molecule has 1 aliphatic rings. The summed E-state index contributed by atoms with van der Waals surface area (Å²) in [5.41, 5.74) is 0.848. The Morgan fingerprint density at radius 3 is 2.73 bits per heavy atom. The minimum absolute atomic E-state index is 0.143. The van der Waals surface area contributed by atoms with Crippen molar-refractivity contribution < 1.29 is 4.79 Å². The highest BCUT2D eigenvalue weighted by Gasteiger charge is 2.32. The second-order valence-electron chi connectivity index (χ2n) is 3.03. The van der Waals surface area contributed by atoms with Crippen molar-refractivity contribution in [1.29, 1.82) is 0 Å². The van der Waals surface area contributed by atoms with E-state index in [1.807, 2.05) is 13.8 Å². The molecule has 3 nitrogen and oxygen atoms in total. The number of amides is 2. The van der Waals surface area contributed by atoms with E-state index in [0.29, 0.717) is 6.54 Å². The Labute approximate surface area is 74.6 Å². The number of rotatable bonds is 0. The predicted octanol–water partition coefficient (Wildman–Crippen LogP) is 1.67. The van der Waals surface area contributed by atoms with Crippen LogP contribution < -0.4 is 0 Å². The molecule has 0 aromatic heterocycles. The molecule has 0 bridgehead atoms. The molecular weight excluding hydrogens is 208 g/mol. The van der Waals surface area contributed by atoms with Crippen LogP contribution in [0.15, 0.2) is 4.99 Å². The molecule has 0 saturated heterocycles. The van der Waals surface area contributed by atoms with E-state index >= 15 is 0 Å². The number of nitrogens with zero attached hydrogens (tertiary/aromatic N) is 2. The van der Waals surface area contributed by atoms with E-state index in [9.17, 15) is 4.79 Å². The molecular formula is C7H11BrN2O. The fourth-order valence-corrected chi connectivity index (χ4v) is 1.44. The van der Waals surface area contributed by atoms with E-state index in [0.717, 1.165) is 5.71 Å². The lowest BCUT2D eigenvalue weighted by molar-refractivity contribution is 0.215. The molecule has 0 aromatic rings. The molecule has 1 unspecified atom stereocenters. The van der Waals surface area contributed by atoms with Crippen LogP contribution in [0.2, 0.25) is 0 Å². The maximum absolute atomic E-state index is 11.0. The molecule has 62 valence electrons. The highest BCUT2D eigenvalue weighted by atomic mass is 79.9. The highest BCUT2D eigenvalue weighted by molar-refractivity contribution is 9.10. The van der Waals surface area contributed by atoms with Gasteiger partial charge < -0.3 is 4.90 Å². The Kier molecular flexibility index (Phi) is 2.05. The summed E-state index contributed by atoms with van der Waals surface area (Å²) in [5, 5.41) is 0. The van der Waals surface area contributed by atoms with Crippen LogP contribution in [0.25, 0.3) is 0 Å². The molecule has 11 heavy (non-hydrogen) atoms. The fourth-order valence-electron chi connectivity index (χ4n) is 0.973. The van der Waals surface area contributed by atoms with Gasteiger partial charge in [-0.1, -0.05) is 15.9 Å². The first-order valence-electron chi connectivity index (χ1n) is 3.43. The van der Waals surface area contributed by atoms with Crippen LogP contribution >= 0.6 is 15.9 Å². The predicted molar refractivity (Wildman–Crippen MR) is 48.5 cm³/mol. The van der Waals surface area contributed by atoms with E-state index in [4.69, 9.17) is 0 Å². The maximum Gasteiger partial charge on any atom is 0.343 e. The van der Waals surface area contributed by atoms with E-state index in [-0.39, 0.29) is 10.4 Å². The lowest BCUT2D eigenvalue weighted by Crippen LogP contribution is -2.46. The number of urea groups is 1. The summed E-state index contributed by atoms with van der Waals surface area (Å²) in [5.74, 6) is 0. The molecule has 0 radical (unpaired) electrons. The van der Waals surface area contributed by atoms with Gasteiger partial charge in [0.05, 0.1) is 4.32 Å². The summed E-state index contributed by atoms with van der Waals surface area (Å²) < 4.78 is -0.143. The van der Waals surface area contributed by atoms with Crippen molar-refractivity contribution in [2.24, 2.45) is 4.99 Å². The third-order valence-electron chi connectivity index (χ3n) is 1.88. The largest absolute Gasteiger partial charge is 0.343 e. The zero-order valence-electron chi connectivity index (χ0n) is 6.89. The Morgan fingerprint density at radius 2 is 2.27 bits per heavy atom. The maximum atomic E-state index is 11.0. The zero-order chi connectivity index (χ0) is 8.65. The third kappa shape index (κ3) is 1.61. The van der Waals surface area contributed by atoms with Crippen molar-refractivity contribution in [1.82, 2.24) is 4.90 Å². The van der Waals surface area contributed by atoms with Crippen LogP contribution in [0.5, 0.6) is 0 Å². The van der Waals surface area contributed by atoms with E-state index in [1.165, 1.54) is 0 Å². The molecule has 1 atom stereocenters. The Bertz CT molecular complexity index is 222. The molecule has 0 fully saturated rings. The Hall–Kier alpha value is -0.380. The molecule has 0 saturated carbocycles. The average Bonchev–Trinajstić information content (AvgIpc) is 1.83. The standard InChI is InChI=1S/C7H11BrN2O/c1-5-7(2,8)4-10(3)6(11)9-5/h4H2,1-3H3. The number of hydrogen-bond acceptors (Lipinski definition) is 1. The second-order valence-corrected chi connectivity index (χ2v) is 4.78. The van der Waals surface area contributed by atoms with Gasteiger partial charge in [0.25, 0.3) is 0 Å². The van der Waals surface area contributed by atoms with E-state index in [1.54, 1.807) is 11.9 Å². The Balaban J connectivity index is 2.95. The average molecular weight is 219 g/mol. The molecule has 0 aliphatic carbocycles. The van der Waals surface area contributed by atoms with Gasteiger partial charge in [-0.05, 0) is 13.8 Å². The molecule has 2 amide bonds. The Morgan fingerprint density at radius 1 is 1.73 bits per heavy atom. The smallest absolute Gasteiger partial charge is 0.324 e. The van der Waals surface area contributed by atoms with Crippen molar-refractivity contribution in [3.63, 3.8) is 0 Å². The first kappa shape index (κ1) is 8.71. The summed E-state index contributed by atoms with van der Waals surface area (Å²) in [4.78, 5) is 16.5. The number of halogens is 1. The number of carbonyl (C=O) groups is 1. The van der Waals surface area contributed by atoms with Gasteiger partial charge in [-0.2, -0.15) is 0 Å². The quantitative estimate of drug-likeness (QED) is 0.570. The number of aliphatic imine (C=N–C) groups is 1. The monoisotopic (exact) mass is 218 g/mol. The molecule has 0 aromatic carbocycles. The van der Waals surface area contributed by atoms with Crippen molar-refractivity contribution in [3.05, 3.63) is 0 Å². The van der Waals surface area contributed by atoms with Crippen LogP contribution in [-0.4, -0.2) is 34.6 Å². The first-order chi connectivity index (χ1) is 4.93. The van der Waals surface area contributed by atoms with Crippen LogP contribution in [-0.2, 0) is 0 Å². The van der Waals surface area contributed by atoms with E-state index in [2.05, 4.69) is 20.9 Å². The summed E-state index contributed by atoms with van der Waals surface area (Å²) in [6.45, 7) is 4.55. The first-order valence-corrected chi connectivity index (χ1v) is 4.22. The minimum Gasteiger partial charge on any atom is -0.324 e. The van der Waals surface area contributed by atoms with Gasteiger partial charge in [-0.3, -0.25) is 0 Å². The molecule has 4 heteroatoms. The van der Waals surface area contributed by atoms with Crippen molar-refractivity contribution in [2.45, 2.75) is 18.2 Å². The van der Waals surface area contributed by atoms with Crippen molar-refractivity contribution >= 4 is 27.7 Å². The summed E-state index contributed by atoms with van der Waals surface area (Å²) >= 11 is 3.50. The topological polar surface area (TPSA) is 32.7 Å². The highest BCUT2D eigenvalue weighted by Crippen LogP contribution is 2.24. The summed E-state index contributed by atoms with van der Waals surface area (Å²) in [6.07, 6.45) is 0. The number of carbonyl (C=O) groups excluding carboxylic acids is 1. The van der Waals surface area contributed by atoms with E-state index < -0.39 is 0 Å². The molecule has 0 N–H and O–H groups in total. The molecule has 1 rings (SSSR count). The second kappa shape index (κ2) is 2.59. The van der Waals surface area contributed by atoms with Gasteiger partial charge in [0, 0.05) is 19.3 Å². The van der Waals surface area contributed by atoms with Gasteiger partial charge in [0.15, 0.2) is 0 Å². The molecule has 1 aliphatic heterocycles. The minimum atomic E-state index is -0.153. The zero-order valence-corrected chi connectivity index (χ0v) is 8.47. The molecule has 1 heterocycles. The van der Waals surface area contributed by atoms with Crippen LogP contribution in [0, 0.1) is 0 Å². The molecule has 0 spiro atoms. The van der Waals surface area contributed by atoms with Crippen LogP contribution in [0.4, 0.5) is 4.79 Å². The lowest BCUT2D eigenvalue weighted by Gasteiger charge is -2.31. The van der Waals surface area contributed by atoms with Gasteiger partial charge in [0.2, 0.25) is 0 Å². The SMILES string of the molecule is CC1=NC(=O)N(C)CC1(C)Br. The fraction of sp³-hybridized carbons (Fsp3) is 0.714. The normalized spacial score (nSPS) is 32.2. The van der Waals surface area contributed by atoms with Crippen LogP contribution in [0.3, 0.4) is 0 Å². The van der Waals surface area contributed by atoms with Gasteiger partial charge >= 0.3 is 6.03 Å².